The van der Waals surface area contributed by atoms with Crippen LogP contribution in [0.15, 0.2) is 340 Å². The Morgan fingerprint density at radius 3 is 0.500 bits per heavy atom. The van der Waals surface area contributed by atoms with Crippen LogP contribution in [0.25, 0.3) is 89.0 Å². The molecule has 13 rings (SSSR count). The summed E-state index contributed by atoms with van der Waals surface area (Å²) in [6.45, 7) is 0. The monoisotopic (exact) mass is 1020 g/mol. The average Bonchev–Trinajstić information content (AvgIpc) is 3.74. The Hall–Kier alpha value is -10.5. The van der Waals surface area contributed by atoms with Gasteiger partial charge in [-0.3, -0.25) is 0 Å². The molecule has 0 radical (unpaired) electrons. The molecule has 0 saturated heterocycles. The smallest absolute Gasteiger partial charge is 0.0561 e. The molecule has 80 heavy (non-hydrogen) atoms. The zero-order valence-electron chi connectivity index (χ0n) is 44.2. The summed E-state index contributed by atoms with van der Waals surface area (Å²) < 4.78 is 0. The van der Waals surface area contributed by atoms with Gasteiger partial charge < -0.3 is 9.80 Å². The third-order valence-electron chi connectivity index (χ3n) is 15.1. The first kappa shape index (κ1) is 49.1. The molecule has 0 aliphatic heterocycles. The Kier molecular flexibility index (Phi) is 13.8. The van der Waals surface area contributed by atoms with Crippen molar-refractivity contribution in [3.8, 4) is 89.0 Å². The quantitative estimate of drug-likeness (QED) is 0.107. The lowest BCUT2D eigenvalue weighted by Crippen LogP contribution is -2.15. The van der Waals surface area contributed by atoms with E-state index in [1.807, 2.05) is 0 Å². The lowest BCUT2D eigenvalue weighted by atomic mass is 9.91. The van der Waals surface area contributed by atoms with E-state index in [9.17, 15) is 0 Å². The van der Waals surface area contributed by atoms with Gasteiger partial charge in [0.1, 0.15) is 0 Å². The molecule has 0 aromatic heterocycles. The highest BCUT2D eigenvalue weighted by Gasteiger charge is 2.26. The molecule has 0 fully saturated rings. The van der Waals surface area contributed by atoms with Crippen LogP contribution in [0.2, 0.25) is 0 Å². The summed E-state index contributed by atoms with van der Waals surface area (Å²) in [6, 6.07) is 123. The van der Waals surface area contributed by atoms with Crippen molar-refractivity contribution in [2.24, 2.45) is 0 Å². The summed E-state index contributed by atoms with van der Waals surface area (Å²) in [5.41, 5.74) is 24.6. The average molecular weight is 1020 g/mol. The van der Waals surface area contributed by atoms with Gasteiger partial charge in [0.2, 0.25) is 0 Å². The van der Waals surface area contributed by atoms with Gasteiger partial charge in [0.05, 0.1) is 11.4 Å². The highest BCUT2D eigenvalue weighted by molar-refractivity contribution is 5.99. The van der Waals surface area contributed by atoms with E-state index >= 15 is 0 Å². The van der Waals surface area contributed by atoms with Gasteiger partial charge in [-0.15, -0.1) is 0 Å². The molecular formula is C78H56N2. The van der Waals surface area contributed by atoms with E-state index in [1.54, 1.807) is 0 Å². The topological polar surface area (TPSA) is 6.48 Å². The molecule has 2 nitrogen and oxygen atoms in total. The minimum Gasteiger partial charge on any atom is -0.310 e. The summed E-state index contributed by atoms with van der Waals surface area (Å²) in [4.78, 5) is 4.90. The van der Waals surface area contributed by atoms with Crippen LogP contribution in [0.3, 0.4) is 0 Å². The van der Waals surface area contributed by atoms with Crippen molar-refractivity contribution >= 4 is 34.1 Å². The summed E-state index contributed by atoms with van der Waals surface area (Å²) in [5, 5.41) is 0. The highest BCUT2D eigenvalue weighted by Crippen LogP contribution is 2.51. The van der Waals surface area contributed by atoms with Crippen molar-refractivity contribution in [3.63, 3.8) is 0 Å². The fourth-order valence-corrected chi connectivity index (χ4v) is 10.9. The number of hydrogen-bond donors (Lipinski definition) is 0. The van der Waals surface area contributed by atoms with E-state index < -0.39 is 0 Å². The van der Waals surface area contributed by atoms with Gasteiger partial charge in [-0.1, -0.05) is 279 Å². The van der Waals surface area contributed by atoms with Crippen molar-refractivity contribution in [2.75, 3.05) is 9.80 Å². The third kappa shape index (κ3) is 10.4. The van der Waals surface area contributed by atoms with E-state index in [0.717, 1.165) is 89.8 Å². The molecule has 0 spiro atoms. The van der Waals surface area contributed by atoms with Gasteiger partial charge >= 0.3 is 0 Å². The highest BCUT2D eigenvalue weighted by atomic mass is 15.2. The SMILES string of the molecule is c1ccc(-c2ccc(-c3cc(-c4ccc(-c5ccccc5)cc4)c(N(c4ccc(-c5ccccc5)cc4)c4ccc(-c5ccccc5)cc4)cc3N(c3ccc(-c4ccccc4)cc3)c3ccc(-c4ccccc4)cc3)cc2)cc1. The van der Waals surface area contributed by atoms with Gasteiger partial charge in [0, 0.05) is 33.9 Å². The van der Waals surface area contributed by atoms with Crippen molar-refractivity contribution in [2.45, 2.75) is 0 Å². The largest absolute Gasteiger partial charge is 0.310 e. The Balaban J connectivity index is 1.08. The van der Waals surface area contributed by atoms with Gasteiger partial charge in [0.25, 0.3) is 0 Å². The third-order valence-corrected chi connectivity index (χ3v) is 15.1. The number of anilines is 6. The molecule has 0 aliphatic rings. The predicted molar refractivity (Wildman–Crippen MR) is 339 cm³/mol. The summed E-state index contributed by atoms with van der Waals surface area (Å²) >= 11 is 0. The van der Waals surface area contributed by atoms with E-state index in [4.69, 9.17) is 0 Å². The second-order valence-corrected chi connectivity index (χ2v) is 20.1. The predicted octanol–water partition coefficient (Wildman–Crippen LogP) is 22.0. The summed E-state index contributed by atoms with van der Waals surface area (Å²) in [7, 11) is 0. The van der Waals surface area contributed by atoms with Crippen molar-refractivity contribution in [1.29, 1.82) is 0 Å². The minimum atomic E-state index is 1.03. The van der Waals surface area contributed by atoms with Gasteiger partial charge in [0.15, 0.2) is 0 Å². The number of rotatable bonds is 14. The Labute approximate surface area is 470 Å². The van der Waals surface area contributed by atoms with Crippen molar-refractivity contribution < 1.29 is 0 Å². The fourth-order valence-electron chi connectivity index (χ4n) is 10.9. The molecule has 0 aliphatic carbocycles. The molecule has 0 amide bonds. The van der Waals surface area contributed by atoms with E-state index in [-0.39, 0.29) is 0 Å². The lowest BCUT2D eigenvalue weighted by Gasteiger charge is -2.33. The van der Waals surface area contributed by atoms with E-state index in [0.29, 0.717) is 0 Å². The first-order valence-corrected chi connectivity index (χ1v) is 27.4. The van der Waals surface area contributed by atoms with E-state index in [2.05, 4.69) is 350 Å². The molecule has 13 aromatic carbocycles. The van der Waals surface area contributed by atoms with Crippen LogP contribution in [-0.4, -0.2) is 0 Å². The van der Waals surface area contributed by atoms with E-state index in [1.165, 1.54) is 33.4 Å². The summed E-state index contributed by atoms with van der Waals surface area (Å²) in [6.07, 6.45) is 0. The normalized spacial score (nSPS) is 11.0. The zero-order valence-corrected chi connectivity index (χ0v) is 44.2. The molecular weight excluding hydrogens is 965 g/mol. The molecule has 13 aromatic rings. The molecule has 0 atom stereocenters. The van der Waals surface area contributed by atoms with Gasteiger partial charge in [-0.2, -0.15) is 0 Å². The molecule has 0 heterocycles. The van der Waals surface area contributed by atoms with Crippen molar-refractivity contribution in [1.82, 2.24) is 0 Å². The molecule has 0 bridgehead atoms. The van der Waals surface area contributed by atoms with Crippen LogP contribution in [0, 0.1) is 0 Å². The Morgan fingerprint density at radius 1 is 0.138 bits per heavy atom. The lowest BCUT2D eigenvalue weighted by molar-refractivity contribution is 1.25. The zero-order chi connectivity index (χ0) is 53.5. The van der Waals surface area contributed by atoms with Gasteiger partial charge in [-0.05, 0) is 139 Å². The van der Waals surface area contributed by atoms with Crippen LogP contribution in [0.4, 0.5) is 34.1 Å². The summed E-state index contributed by atoms with van der Waals surface area (Å²) in [5.74, 6) is 0. The Bertz CT molecular complexity index is 3670. The number of benzene rings is 13. The van der Waals surface area contributed by atoms with Crippen LogP contribution in [-0.2, 0) is 0 Å². The standard InChI is InChI=1S/C78H56N2/c1-7-19-57(20-8-1)63-31-35-69(36-32-63)75-55-76(70-37-33-64(34-38-70)58-21-9-2-10-22-58)78(80(73-51-43-67(44-52-73)61-27-15-5-16-28-61)74-53-45-68(46-54-74)62-29-17-6-18-30-62)56-77(75)79(71-47-39-65(40-48-71)59-23-11-3-12-24-59)72-49-41-66(42-50-72)60-25-13-4-14-26-60/h1-56H. The fraction of sp³-hybridized carbons (Fsp3) is 0. The molecule has 0 N–H and O–H groups in total. The van der Waals surface area contributed by atoms with Crippen LogP contribution >= 0.6 is 0 Å². The van der Waals surface area contributed by atoms with Crippen LogP contribution in [0.1, 0.15) is 0 Å². The number of hydrogen-bond acceptors (Lipinski definition) is 2. The second kappa shape index (κ2) is 22.6. The van der Waals surface area contributed by atoms with Crippen LogP contribution < -0.4 is 9.80 Å². The molecule has 2 heteroatoms. The number of nitrogens with zero attached hydrogens (tertiary/aromatic N) is 2. The maximum absolute atomic E-state index is 2.45. The van der Waals surface area contributed by atoms with Crippen molar-refractivity contribution in [3.05, 3.63) is 340 Å². The Morgan fingerprint density at radius 2 is 0.300 bits per heavy atom. The first-order valence-electron chi connectivity index (χ1n) is 27.4. The molecule has 378 valence electrons. The van der Waals surface area contributed by atoms with Crippen LogP contribution in [0.5, 0.6) is 0 Å². The maximum Gasteiger partial charge on any atom is 0.0561 e. The molecule has 0 unspecified atom stereocenters. The second-order valence-electron chi connectivity index (χ2n) is 20.1. The van der Waals surface area contributed by atoms with Gasteiger partial charge in [-0.25, -0.2) is 0 Å². The minimum absolute atomic E-state index is 1.03. The first-order chi connectivity index (χ1) is 39.7. The maximum atomic E-state index is 2.45. The molecule has 0 saturated carbocycles.